The molecule has 0 bridgehead atoms. The summed E-state index contributed by atoms with van der Waals surface area (Å²) in [6.45, 7) is 0.472. The molecule has 8 nitrogen and oxygen atoms in total. The number of oxime groups is 1. The van der Waals surface area contributed by atoms with Crippen LogP contribution in [0.3, 0.4) is 0 Å². The highest BCUT2D eigenvalue weighted by molar-refractivity contribution is 7.91. The molecule has 5 rings (SSSR count). The molecule has 1 fully saturated rings. The molecule has 1 spiro atoms. The van der Waals surface area contributed by atoms with E-state index < -0.39 is 45.3 Å². The fraction of sp³-hybridized carbons (Fsp3) is 0.409. The van der Waals surface area contributed by atoms with E-state index in [4.69, 9.17) is 32.8 Å². The number of likely N-dealkylation sites (tertiary alicyclic amines) is 1. The van der Waals surface area contributed by atoms with Gasteiger partial charge >= 0.3 is 6.18 Å². The average molecular weight is 564 g/mol. The number of rotatable bonds is 4. The summed E-state index contributed by atoms with van der Waals surface area (Å²) in [5.74, 6) is -1.11. The molecule has 14 heteroatoms. The van der Waals surface area contributed by atoms with Gasteiger partial charge in [-0.2, -0.15) is 13.2 Å². The molecule has 1 atom stereocenters. The predicted molar refractivity (Wildman–Crippen MR) is 123 cm³/mol. The molecule has 0 aliphatic carbocycles. The summed E-state index contributed by atoms with van der Waals surface area (Å²) >= 11 is 11.9. The average Bonchev–Trinajstić information content (AvgIpc) is 3.33. The first-order valence-corrected chi connectivity index (χ1v) is 13.4. The lowest BCUT2D eigenvalue weighted by atomic mass is 9.85. The Bertz CT molecular complexity index is 1390. The highest BCUT2D eigenvalue weighted by atomic mass is 35.5. The van der Waals surface area contributed by atoms with E-state index in [2.05, 4.69) is 10.1 Å². The van der Waals surface area contributed by atoms with Crippen molar-refractivity contribution in [2.45, 2.75) is 30.4 Å². The number of ether oxygens (including phenoxy) is 1. The van der Waals surface area contributed by atoms with Crippen molar-refractivity contribution in [3.8, 4) is 0 Å². The van der Waals surface area contributed by atoms with Gasteiger partial charge in [-0.3, -0.25) is 9.78 Å². The van der Waals surface area contributed by atoms with Crippen molar-refractivity contribution in [3.63, 3.8) is 0 Å². The number of hydrogen-bond acceptors (Lipinski definition) is 7. The molecule has 1 aromatic heterocycles. The third kappa shape index (κ3) is 4.23. The van der Waals surface area contributed by atoms with Crippen LogP contribution in [-0.2, 0) is 42.0 Å². The van der Waals surface area contributed by atoms with Crippen molar-refractivity contribution in [3.05, 3.63) is 62.9 Å². The van der Waals surface area contributed by atoms with Crippen LogP contribution in [0.1, 0.15) is 28.8 Å². The first kappa shape index (κ1) is 25.2. The Hall–Kier alpha value is -2.41. The van der Waals surface area contributed by atoms with Crippen LogP contribution in [0, 0.1) is 0 Å². The van der Waals surface area contributed by atoms with Gasteiger partial charge in [-0.15, -0.1) is 0 Å². The van der Waals surface area contributed by atoms with Crippen LogP contribution in [0.25, 0.3) is 0 Å². The molecule has 192 valence electrons. The van der Waals surface area contributed by atoms with Crippen molar-refractivity contribution in [2.75, 3.05) is 25.1 Å². The Morgan fingerprint density at radius 2 is 1.83 bits per heavy atom. The van der Waals surface area contributed by atoms with Gasteiger partial charge in [-0.05, 0) is 29.8 Å². The van der Waals surface area contributed by atoms with Crippen LogP contribution in [0.5, 0.6) is 0 Å². The quantitative estimate of drug-likeness (QED) is 0.564. The van der Waals surface area contributed by atoms with Crippen molar-refractivity contribution in [2.24, 2.45) is 5.16 Å². The molecule has 3 aliphatic rings. The maximum atomic E-state index is 14.2. The third-order valence-corrected chi connectivity index (χ3v) is 7.63. The minimum Gasteiger partial charge on any atom is -0.374 e. The zero-order valence-corrected chi connectivity index (χ0v) is 20.9. The molecular formula is C22H18Cl2F3N3O5S. The second kappa shape index (κ2) is 8.30. The Kier molecular flexibility index (Phi) is 5.82. The SMILES string of the molecule is CS(=O)(=O)CC(=O)N1CC2(C1)OCc1cc(C3=NOC(c4cc(Cl)cc(Cl)c4)(C(F)(F)F)C3)ncc12. The first-order chi connectivity index (χ1) is 16.7. The van der Waals surface area contributed by atoms with Gasteiger partial charge in [0, 0.05) is 33.6 Å². The molecule has 0 saturated carbocycles. The Morgan fingerprint density at radius 3 is 2.44 bits per heavy atom. The van der Waals surface area contributed by atoms with E-state index in [9.17, 15) is 26.4 Å². The fourth-order valence-electron chi connectivity index (χ4n) is 4.63. The molecular weight excluding hydrogens is 546 g/mol. The van der Waals surface area contributed by atoms with E-state index in [1.165, 1.54) is 17.2 Å². The van der Waals surface area contributed by atoms with Crippen LogP contribution in [0.2, 0.25) is 10.0 Å². The summed E-state index contributed by atoms with van der Waals surface area (Å²) in [4.78, 5) is 22.9. The molecule has 0 N–H and O–H groups in total. The lowest BCUT2D eigenvalue weighted by molar-refractivity contribution is -0.275. The molecule has 3 aliphatic heterocycles. The second-order valence-electron chi connectivity index (χ2n) is 9.12. The zero-order valence-electron chi connectivity index (χ0n) is 18.6. The van der Waals surface area contributed by atoms with Gasteiger partial charge in [-0.25, -0.2) is 8.42 Å². The van der Waals surface area contributed by atoms with E-state index >= 15 is 0 Å². The third-order valence-electron chi connectivity index (χ3n) is 6.43. The smallest absolute Gasteiger partial charge is 0.374 e. The number of hydrogen-bond donors (Lipinski definition) is 0. The van der Waals surface area contributed by atoms with Gasteiger partial charge in [0.25, 0.3) is 5.60 Å². The normalized spacial score (nSPS) is 22.7. The molecule has 2 aromatic rings. The van der Waals surface area contributed by atoms with Crippen LogP contribution < -0.4 is 0 Å². The van der Waals surface area contributed by atoms with Gasteiger partial charge < -0.3 is 14.5 Å². The Morgan fingerprint density at radius 1 is 1.17 bits per heavy atom. The number of amides is 1. The summed E-state index contributed by atoms with van der Waals surface area (Å²) in [5, 5.41) is 3.78. The van der Waals surface area contributed by atoms with Gasteiger partial charge in [0.1, 0.15) is 17.1 Å². The highest BCUT2D eigenvalue weighted by Gasteiger charge is 2.62. The molecule has 1 saturated heterocycles. The first-order valence-electron chi connectivity index (χ1n) is 10.6. The lowest BCUT2D eigenvalue weighted by Gasteiger charge is -2.47. The molecule has 4 heterocycles. The molecule has 0 radical (unpaired) electrons. The number of sulfone groups is 1. The number of pyridine rings is 1. The Labute approximate surface area is 213 Å². The van der Waals surface area contributed by atoms with E-state index in [0.29, 0.717) is 11.1 Å². The molecule has 1 unspecified atom stereocenters. The van der Waals surface area contributed by atoms with Crippen LogP contribution in [0.4, 0.5) is 13.2 Å². The number of halogens is 5. The number of fused-ring (bicyclic) bond motifs is 2. The van der Waals surface area contributed by atoms with E-state index in [-0.39, 0.29) is 46.7 Å². The summed E-state index contributed by atoms with van der Waals surface area (Å²) in [6, 6.07) is 5.19. The number of alkyl halides is 3. The largest absolute Gasteiger partial charge is 0.435 e. The molecule has 36 heavy (non-hydrogen) atoms. The maximum Gasteiger partial charge on any atom is 0.435 e. The zero-order chi connectivity index (χ0) is 26.1. The van der Waals surface area contributed by atoms with Crippen LogP contribution in [0.15, 0.2) is 35.6 Å². The maximum absolute atomic E-state index is 14.2. The van der Waals surface area contributed by atoms with Gasteiger partial charge in [0.2, 0.25) is 5.91 Å². The number of carbonyl (C=O) groups excluding carboxylic acids is 1. The summed E-state index contributed by atoms with van der Waals surface area (Å²) in [5.41, 5.74) is -2.31. The minimum absolute atomic E-state index is 0.00857. The van der Waals surface area contributed by atoms with E-state index in [1.54, 1.807) is 6.07 Å². The van der Waals surface area contributed by atoms with Crippen molar-refractivity contribution in [1.82, 2.24) is 9.88 Å². The molecule has 1 aromatic carbocycles. The number of carbonyl (C=O) groups is 1. The second-order valence-corrected chi connectivity index (χ2v) is 12.1. The standard InChI is InChI=1S/C22H18Cl2F3N3O5S/c1-36(32,33)9-19(31)30-10-20(11-30)16-7-28-17(2-12(16)8-34-20)18-6-21(35-29-18,22(25,26)27)13-3-14(23)5-15(24)4-13/h2-5,7H,6,8-11H2,1H3. The highest BCUT2D eigenvalue weighted by Crippen LogP contribution is 2.50. The van der Waals surface area contributed by atoms with Gasteiger partial charge in [0.15, 0.2) is 9.84 Å². The number of aromatic nitrogens is 1. The summed E-state index contributed by atoms with van der Waals surface area (Å²) in [6.07, 6.45) is -3.00. The number of benzene rings is 1. The Balaban J connectivity index is 1.37. The van der Waals surface area contributed by atoms with Crippen LogP contribution >= 0.6 is 23.2 Å². The van der Waals surface area contributed by atoms with Crippen LogP contribution in [-0.4, -0.2) is 61.2 Å². The van der Waals surface area contributed by atoms with E-state index in [1.807, 2.05) is 0 Å². The minimum atomic E-state index is -4.83. The summed E-state index contributed by atoms with van der Waals surface area (Å²) < 4.78 is 71.4. The summed E-state index contributed by atoms with van der Waals surface area (Å²) in [7, 11) is -3.46. The topological polar surface area (TPSA) is 98.2 Å². The van der Waals surface area contributed by atoms with Crippen molar-refractivity contribution < 1.29 is 36.0 Å². The fourth-order valence-corrected chi connectivity index (χ4v) is 5.79. The van der Waals surface area contributed by atoms with E-state index in [0.717, 1.165) is 18.4 Å². The van der Waals surface area contributed by atoms with Crippen molar-refractivity contribution >= 4 is 44.7 Å². The van der Waals surface area contributed by atoms with Gasteiger partial charge in [0.05, 0.1) is 31.8 Å². The molecule has 1 amide bonds. The van der Waals surface area contributed by atoms with Gasteiger partial charge in [-0.1, -0.05) is 28.4 Å². The van der Waals surface area contributed by atoms with Crippen molar-refractivity contribution in [1.29, 1.82) is 0 Å². The lowest BCUT2D eigenvalue weighted by Crippen LogP contribution is -2.62. The monoisotopic (exact) mass is 563 g/mol. The number of nitrogens with zero attached hydrogens (tertiary/aromatic N) is 3. The predicted octanol–water partition coefficient (Wildman–Crippen LogP) is 3.58.